The van der Waals surface area contributed by atoms with Crippen LogP contribution in [0.15, 0.2) is 48.5 Å². The fourth-order valence-electron chi connectivity index (χ4n) is 2.78. The molecule has 7 heteroatoms. The number of para-hydroxylation sites is 2. The number of ether oxygens (including phenoxy) is 2. The Morgan fingerprint density at radius 1 is 1.03 bits per heavy atom. The van der Waals surface area contributed by atoms with Crippen molar-refractivity contribution in [1.29, 1.82) is 0 Å². The van der Waals surface area contributed by atoms with Gasteiger partial charge in [-0.05, 0) is 42.7 Å². The maximum Gasteiger partial charge on any atom is 0.261 e. The second-order valence-corrected chi connectivity index (χ2v) is 7.84. The fourth-order valence-corrected chi connectivity index (χ4v) is 2.91. The lowest BCUT2D eigenvalue weighted by molar-refractivity contribution is -0.142. The van der Waals surface area contributed by atoms with E-state index in [-0.39, 0.29) is 25.0 Å². The molecule has 0 aliphatic rings. The van der Waals surface area contributed by atoms with Gasteiger partial charge >= 0.3 is 0 Å². The molecule has 0 saturated carbocycles. The molecule has 0 aromatic heterocycles. The van der Waals surface area contributed by atoms with Crippen LogP contribution >= 0.6 is 11.6 Å². The van der Waals surface area contributed by atoms with E-state index in [0.717, 1.165) is 5.56 Å². The molecule has 0 aliphatic carbocycles. The SMILES string of the molecule is COc1ccccc1OCC(=O)N(Cc1ccc(Cl)cc1)[C@H](C)C(=O)NCC(C)C. The highest BCUT2D eigenvalue weighted by Crippen LogP contribution is 2.26. The number of methoxy groups -OCH3 is 1. The molecule has 0 fully saturated rings. The predicted molar refractivity (Wildman–Crippen MR) is 118 cm³/mol. The van der Waals surface area contributed by atoms with E-state index in [1.54, 1.807) is 37.3 Å². The van der Waals surface area contributed by atoms with Gasteiger partial charge in [-0.1, -0.05) is 49.7 Å². The van der Waals surface area contributed by atoms with Gasteiger partial charge < -0.3 is 19.7 Å². The number of hydrogen-bond acceptors (Lipinski definition) is 4. The van der Waals surface area contributed by atoms with Gasteiger partial charge in [0.15, 0.2) is 18.1 Å². The molecule has 2 aromatic rings. The maximum atomic E-state index is 13.0. The summed E-state index contributed by atoms with van der Waals surface area (Å²) in [6.45, 7) is 6.35. The van der Waals surface area contributed by atoms with E-state index in [0.29, 0.717) is 29.0 Å². The van der Waals surface area contributed by atoms with Crippen molar-refractivity contribution in [3.8, 4) is 11.5 Å². The summed E-state index contributed by atoms with van der Waals surface area (Å²) in [4.78, 5) is 27.2. The highest BCUT2D eigenvalue weighted by Gasteiger charge is 2.26. The van der Waals surface area contributed by atoms with Gasteiger partial charge in [-0.25, -0.2) is 0 Å². The molecule has 6 nitrogen and oxygen atoms in total. The van der Waals surface area contributed by atoms with Gasteiger partial charge in [0.25, 0.3) is 5.91 Å². The Balaban J connectivity index is 2.15. The highest BCUT2D eigenvalue weighted by molar-refractivity contribution is 6.30. The van der Waals surface area contributed by atoms with Gasteiger partial charge in [-0.3, -0.25) is 9.59 Å². The van der Waals surface area contributed by atoms with E-state index in [1.807, 2.05) is 32.0 Å². The van der Waals surface area contributed by atoms with E-state index < -0.39 is 6.04 Å². The average molecular weight is 433 g/mol. The van der Waals surface area contributed by atoms with Crippen molar-refractivity contribution in [2.75, 3.05) is 20.3 Å². The van der Waals surface area contributed by atoms with Gasteiger partial charge in [0.1, 0.15) is 6.04 Å². The molecule has 2 amide bonds. The molecule has 0 unspecified atom stereocenters. The third kappa shape index (κ3) is 6.95. The van der Waals surface area contributed by atoms with Crippen molar-refractivity contribution in [2.45, 2.75) is 33.4 Å². The third-order valence-corrected chi connectivity index (χ3v) is 4.79. The number of carbonyl (C=O) groups is 2. The lowest BCUT2D eigenvalue weighted by atomic mass is 10.1. The summed E-state index contributed by atoms with van der Waals surface area (Å²) in [6.07, 6.45) is 0. The molecule has 0 aliphatic heterocycles. The quantitative estimate of drug-likeness (QED) is 0.618. The summed E-state index contributed by atoms with van der Waals surface area (Å²) in [5.74, 6) is 0.816. The summed E-state index contributed by atoms with van der Waals surface area (Å²) < 4.78 is 10.9. The Morgan fingerprint density at radius 2 is 1.67 bits per heavy atom. The lowest BCUT2D eigenvalue weighted by Gasteiger charge is -2.29. The summed E-state index contributed by atoms with van der Waals surface area (Å²) in [6, 6.07) is 13.6. The van der Waals surface area contributed by atoms with Crippen LogP contribution in [-0.2, 0) is 16.1 Å². The second-order valence-electron chi connectivity index (χ2n) is 7.40. The van der Waals surface area contributed by atoms with Crippen LogP contribution in [0, 0.1) is 5.92 Å². The minimum atomic E-state index is -0.659. The fraction of sp³-hybridized carbons (Fsp3) is 0.391. The molecule has 0 radical (unpaired) electrons. The molecule has 0 bridgehead atoms. The van der Waals surface area contributed by atoms with E-state index in [1.165, 1.54) is 12.0 Å². The molecule has 1 N–H and O–H groups in total. The van der Waals surface area contributed by atoms with Crippen molar-refractivity contribution < 1.29 is 19.1 Å². The minimum Gasteiger partial charge on any atom is -0.493 e. The first-order valence-corrected chi connectivity index (χ1v) is 10.3. The zero-order valence-corrected chi connectivity index (χ0v) is 18.6. The molecule has 2 rings (SSSR count). The summed E-state index contributed by atoms with van der Waals surface area (Å²) in [5, 5.41) is 3.50. The Bertz CT molecular complexity index is 839. The largest absolute Gasteiger partial charge is 0.493 e. The van der Waals surface area contributed by atoms with E-state index in [2.05, 4.69) is 5.32 Å². The Labute approximate surface area is 183 Å². The van der Waals surface area contributed by atoms with Crippen molar-refractivity contribution in [3.05, 3.63) is 59.1 Å². The van der Waals surface area contributed by atoms with Crippen LogP contribution < -0.4 is 14.8 Å². The normalized spacial score (nSPS) is 11.7. The molecule has 1 atom stereocenters. The van der Waals surface area contributed by atoms with E-state index >= 15 is 0 Å². The van der Waals surface area contributed by atoms with Gasteiger partial charge in [0.2, 0.25) is 5.91 Å². The van der Waals surface area contributed by atoms with Gasteiger partial charge in [0, 0.05) is 18.1 Å². The van der Waals surface area contributed by atoms with Crippen LogP contribution in [0.2, 0.25) is 5.02 Å². The molecule has 162 valence electrons. The monoisotopic (exact) mass is 432 g/mol. The summed E-state index contributed by atoms with van der Waals surface area (Å²) >= 11 is 5.96. The zero-order valence-electron chi connectivity index (χ0n) is 17.9. The first-order chi connectivity index (χ1) is 14.3. The molecule has 0 saturated heterocycles. The molecule has 2 aromatic carbocycles. The van der Waals surface area contributed by atoms with Crippen LogP contribution in [0.1, 0.15) is 26.3 Å². The predicted octanol–water partition coefficient (Wildman–Crippen LogP) is 3.92. The van der Waals surface area contributed by atoms with Crippen LogP contribution in [-0.4, -0.2) is 43.0 Å². The smallest absolute Gasteiger partial charge is 0.261 e. The average Bonchev–Trinajstić information content (AvgIpc) is 2.75. The number of amides is 2. The number of nitrogens with one attached hydrogen (secondary N) is 1. The number of hydrogen-bond donors (Lipinski definition) is 1. The summed E-state index contributed by atoms with van der Waals surface area (Å²) in [7, 11) is 1.54. The highest BCUT2D eigenvalue weighted by atomic mass is 35.5. The number of nitrogens with zero attached hydrogens (tertiary/aromatic N) is 1. The minimum absolute atomic E-state index is 0.205. The second kappa shape index (κ2) is 11.5. The number of carbonyl (C=O) groups excluding carboxylic acids is 2. The molecule has 0 heterocycles. The van der Waals surface area contributed by atoms with Crippen molar-refractivity contribution in [1.82, 2.24) is 10.2 Å². The maximum absolute atomic E-state index is 13.0. The van der Waals surface area contributed by atoms with Crippen LogP contribution in [0.3, 0.4) is 0 Å². The Kier molecular flexibility index (Phi) is 8.99. The first kappa shape index (κ1) is 23.5. The Morgan fingerprint density at radius 3 is 2.27 bits per heavy atom. The molecular weight excluding hydrogens is 404 g/mol. The van der Waals surface area contributed by atoms with E-state index in [4.69, 9.17) is 21.1 Å². The standard InChI is InChI=1S/C23H29ClN2O4/c1-16(2)13-25-23(28)17(3)26(14-18-9-11-19(24)12-10-18)22(27)15-30-21-8-6-5-7-20(21)29-4/h5-12,16-17H,13-15H2,1-4H3,(H,25,28)/t17-/m1/s1. The van der Waals surface area contributed by atoms with Crippen molar-refractivity contribution in [3.63, 3.8) is 0 Å². The third-order valence-electron chi connectivity index (χ3n) is 4.54. The first-order valence-electron chi connectivity index (χ1n) is 9.89. The van der Waals surface area contributed by atoms with Crippen LogP contribution in [0.5, 0.6) is 11.5 Å². The summed E-state index contributed by atoms with van der Waals surface area (Å²) in [5.41, 5.74) is 0.869. The zero-order chi connectivity index (χ0) is 22.1. The Hall–Kier alpha value is -2.73. The van der Waals surface area contributed by atoms with Crippen LogP contribution in [0.25, 0.3) is 0 Å². The molecular formula is C23H29ClN2O4. The lowest BCUT2D eigenvalue weighted by Crippen LogP contribution is -2.49. The van der Waals surface area contributed by atoms with Gasteiger partial charge in [-0.2, -0.15) is 0 Å². The molecule has 0 spiro atoms. The van der Waals surface area contributed by atoms with Gasteiger partial charge in [0.05, 0.1) is 7.11 Å². The van der Waals surface area contributed by atoms with Gasteiger partial charge in [-0.15, -0.1) is 0 Å². The molecule has 30 heavy (non-hydrogen) atoms. The number of rotatable bonds is 10. The number of halogens is 1. The van der Waals surface area contributed by atoms with Crippen molar-refractivity contribution in [2.24, 2.45) is 5.92 Å². The van der Waals surface area contributed by atoms with Crippen molar-refractivity contribution >= 4 is 23.4 Å². The van der Waals surface area contributed by atoms with Crippen LogP contribution in [0.4, 0.5) is 0 Å². The number of benzene rings is 2. The topological polar surface area (TPSA) is 67.9 Å². The van der Waals surface area contributed by atoms with E-state index in [9.17, 15) is 9.59 Å².